The Morgan fingerprint density at radius 2 is 1.93 bits per heavy atom. The number of rotatable bonds is 3. The molecule has 0 heterocycles. The molecule has 0 aliphatic heterocycles. The number of hydrogen-bond acceptors (Lipinski definition) is 4. The molecule has 0 aliphatic carbocycles. The number of ether oxygens (including phenoxy) is 2. The third kappa shape index (κ3) is 2.13. The van der Waals surface area contributed by atoms with Gasteiger partial charge in [0.2, 0.25) is 0 Å². The normalized spacial score (nSPS) is 12.4. The zero-order chi connectivity index (χ0) is 10.7. The molecule has 0 aromatic heterocycles. The first kappa shape index (κ1) is 11.2. The van der Waals surface area contributed by atoms with Crippen molar-refractivity contribution in [3.63, 3.8) is 0 Å². The van der Waals surface area contributed by atoms with E-state index >= 15 is 0 Å². The zero-order valence-corrected chi connectivity index (χ0v) is 9.47. The Bertz CT molecular complexity index is 326. The van der Waals surface area contributed by atoms with Crippen molar-refractivity contribution in [1.29, 1.82) is 0 Å². The largest absolute Gasteiger partial charge is 0.497 e. The smallest absolute Gasteiger partial charge is 0.128 e. The van der Waals surface area contributed by atoms with Crippen LogP contribution >= 0.6 is 12.6 Å². The molecule has 1 aromatic rings. The first-order chi connectivity index (χ1) is 6.60. The summed E-state index contributed by atoms with van der Waals surface area (Å²) in [6, 6.07) is 3.71. The van der Waals surface area contributed by atoms with Gasteiger partial charge in [0.25, 0.3) is 0 Å². The highest BCUT2D eigenvalue weighted by Gasteiger charge is 2.13. The molecule has 0 fully saturated rings. The van der Waals surface area contributed by atoms with Crippen molar-refractivity contribution in [2.24, 2.45) is 5.73 Å². The maximum Gasteiger partial charge on any atom is 0.128 e. The molecule has 3 nitrogen and oxygen atoms in total. The monoisotopic (exact) mass is 213 g/mol. The Balaban J connectivity index is 3.27. The lowest BCUT2D eigenvalue weighted by atomic mass is 10.1. The summed E-state index contributed by atoms with van der Waals surface area (Å²) in [4.78, 5) is 0. The Kier molecular flexibility index (Phi) is 3.66. The predicted molar refractivity (Wildman–Crippen MR) is 60.2 cm³/mol. The molecule has 78 valence electrons. The minimum absolute atomic E-state index is 0.337. The van der Waals surface area contributed by atoms with Crippen LogP contribution in [0, 0.1) is 6.92 Å². The Hall–Kier alpha value is -0.870. The topological polar surface area (TPSA) is 44.5 Å². The Morgan fingerprint density at radius 3 is 2.36 bits per heavy atom. The summed E-state index contributed by atoms with van der Waals surface area (Å²) >= 11 is 4.20. The van der Waals surface area contributed by atoms with Gasteiger partial charge in [-0.2, -0.15) is 12.6 Å². The molecular formula is C10H15NO2S. The van der Waals surface area contributed by atoms with Crippen molar-refractivity contribution in [1.82, 2.24) is 0 Å². The summed E-state index contributed by atoms with van der Waals surface area (Å²) < 4.78 is 10.3. The van der Waals surface area contributed by atoms with Gasteiger partial charge in [-0.05, 0) is 18.6 Å². The van der Waals surface area contributed by atoms with E-state index in [2.05, 4.69) is 12.6 Å². The molecule has 0 saturated heterocycles. The highest BCUT2D eigenvalue weighted by Crippen LogP contribution is 2.33. The van der Waals surface area contributed by atoms with Crippen LogP contribution in [-0.2, 0) is 0 Å². The lowest BCUT2D eigenvalue weighted by Gasteiger charge is -2.15. The third-order valence-electron chi connectivity index (χ3n) is 2.07. The molecule has 1 unspecified atom stereocenters. The average Bonchev–Trinajstić information content (AvgIpc) is 2.15. The van der Waals surface area contributed by atoms with Gasteiger partial charge in [0.05, 0.1) is 19.6 Å². The summed E-state index contributed by atoms with van der Waals surface area (Å²) in [6.07, 6.45) is 0. The lowest BCUT2D eigenvalue weighted by molar-refractivity contribution is 0.390. The molecule has 2 N–H and O–H groups in total. The van der Waals surface area contributed by atoms with Gasteiger partial charge in [-0.25, -0.2) is 0 Å². The average molecular weight is 213 g/mol. The van der Waals surface area contributed by atoms with E-state index in [1.807, 2.05) is 13.0 Å². The van der Waals surface area contributed by atoms with Gasteiger partial charge in [-0.3, -0.25) is 0 Å². The van der Waals surface area contributed by atoms with Crippen LogP contribution in [0.2, 0.25) is 0 Å². The van der Waals surface area contributed by atoms with Gasteiger partial charge in [-0.15, -0.1) is 0 Å². The van der Waals surface area contributed by atoms with E-state index in [0.29, 0.717) is 5.75 Å². The van der Waals surface area contributed by atoms with Gasteiger partial charge in [0.1, 0.15) is 11.5 Å². The fraction of sp³-hybridized carbons (Fsp3) is 0.400. The first-order valence-corrected chi connectivity index (χ1v) is 4.78. The summed E-state index contributed by atoms with van der Waals surface area (Å²) in [5, 5.41) is -0.337. The molecule has 1 atom stereocenters. The van der Waals surface area contributed by atoms with Crippen LogP contribution in [0.4, 0.5) is 0 Å². The van der Waals surface area contributed by atoms with Crippen molar-refractivity contribution in [2.45, 2.75) is 12.3 Å². The number of hydrogen-bond donors (Lipinski definition) is 2. The summed E-state index contributed by atoms with van der Waals surface area (Å²) in [6.45, 7) is 1.95. The van der Waals surface area contributed by atoms with E-state index in [4.69, 9.17) is 15.2 Å². The van der Waals surface area contributed by atoms with Gasteiger partial charge in [0.15, 0.2) is 0 Å². The Labute approximate surface area is 89.6 Å². The zero-order valence-electron chi connectivity index (χ0n) is 8.57. The second-order valence-electron chi connectivity index (χ2n) is 3.01. The van der Waals surface area contributed by atoms with Crippen LogP contribution in [0.25, 0.3) is 0 Å². The number of nitrogens with two attached hydrogens (primary N) is 1. The number of benzene rings is 1. The van der Waals surface area contributed by atoms with E-state index in [0.717, 1.165) is 16.9 Å². The molecular weight excluding hydrogens is 198 g/mol. The summed E-state index contributed by atoms with van der Waals surface area (Å²) in [5.74, 6) is 1.47. The van der Waals surface area contributed by atoms with E-state index in [1.165, 1.54) is 0 Å². The quantitative estimate of drug-likeness (QED) is 0.595. The van der Waals surface area contributed by atoms with Crippen LogP contribution in [0.3, 0.4) is 0 Å². The molecule has 0 radical (unpaired) electrons. The Morgan fingerprint density at radius 1 is 1.29 bits per heavy atom. The number of thiol groups is 1. The van der Waals surface area contributed by atoms with E-state index < -0.39 is 0 Å². The SMILES string of the molecule is COc1cc(C)c(C(N)S)c(OC)c1. The maximum absolute atomic E-state index is 5.73. The second kappa shape index (κ2) is 4.57. The lowest BCUT2D eigenvalue weighted by Crippen LogP contribution is -2.07. The third-order valence-corrected chi connectivity index (χ3v) is 2.33. The molecule has 0 spiro atoms. The highest BCUT2D eigenvalue weighted by molar-refractivity contribution is 7.80. The fourth-order valence-electron chi connectivity index (χ4n) is 1.40. The van der Waals surface area contributed by atoms with Gasteiger partial charge in [0, 0.05) is 11.6 Å². The van der Waals surface area contributed by atoms with Gasteiger partial charge in [-0.1, -0.05) is 0 Å². The van der Waals surface area contributed by atoms with Crippen LogP contribution in [-0.4, -0.2) is 14.2 Å². The molecule has 14 heavy (non-hydrogen) atoms. The maximum atomic E-state index is 5.73. The highest BCUT2D eigenvalue weighted by atomic mass is 32.1. The molecule has 0 bridgehead atoms. The predicted octanol–water partition coefficient (Wildman–Crippen LogP) is 1.90. The molecule has 1 aromatic carbocycles. The van der Waals surface area contributed by atoms with Crippen molar-refractivity contribution in [3.8, 4) is 11.5 Å². The molecule has 0 amide bonds. The van der Waals surface area contributed by atoms with Gasteiger partial charge < -0.3 is 15.2 Å². The minimum atomic E-state index is -0.337. The van der Waals surface area contributed by atoms with Crippen molar-refractivity contribution in [2.75, 3.05) is 14.2 Å². The standard InChI is InChI=1S/C10H15NO2S/c1-6-4-7(12-2)5-8(13-3)9(6)10(11)14/h4-5,10,14H,11H2,1-3H3. The summed E-state index contributed by atoms with van der Waals surface area (Å²) in [5.41, 5.74) is 7.64. The van der Waals surface area contributed by atoms with Crippen LogP contribution in [0.15, 0.2) is 12.1 Å². The van der Waals surface area contributed by atoms with Crippen LogP contribution in [0.5, 0.6) is 11.5 Å². The second-order valence-corrected chi connectivity index (χ2v) is 3.56. The molecule has 0 aliphatic rings. The van der Waals surface area contributed by atoms with E-state index in [1.54, 1.807) is 20.3 Å². The van der Waals surface area contributed by atoms with Crippen LogP contribution in [0.1, 0.15) is 16.5 Å². The number of methoxy groups -OCH3 is 2. The molecule has 0 saturated carbocycles. The van der Waals surface area contributed by atoms with E-state index in [-0.39, 0.29) is 5.37 Å². The minimum Gasteiger partial charge on any atom is -0.497 e. The number of aryl methyl sites for hydroxylation is 1. The van der Waals surface area contributed by atoms with Crippen LogP contribution < -0.4 is 15.2 Å². The van der Waals surface area contributed by atoms with Crippen molar-refractivity contribution < 1.29 is 9.47 Å². The first-order valence-electron chi connectivity index (χ1n) is 4.26. The van der Waals surface area contributed by atoms with Crippen molar-refractivity contribution >= 4 is 12.6 Å². The van der Waals surface area contributed by atoms with E-state index in [9.17, 15) is 0 Å². The van der Waals surface area contributed by atoms with Gasteiger partial charge >= 0.3 is 0 Å². The summed E-state index contributed by atoms with van der Waals surface area (Å²) in [7, 11) is 3.22. The fourth-order valence-corrected chi connectivity index (χ4v) is 1.73. The molecule has 1 rings (SSSR count). The van der Waals surface area contributed by atoms with Crippen molar-refractivity contribution in [3.05, 3.63) is 23.3 Å². The molecule has 4 heteroatoms.